The predicted octanol–water partition coefficient (Wildman–Crippen LogP) is 1.80. The lowest BCUT2D eigenvalue weighted by Crippen LogP contribution is -2.13. The van der Waals surface area contributed by atoms with Crippen molar-refractivity contribution in [2.75, 3.05) is 14.2 Å². The Morgan fingerprint density at radius 2 is 1.92 bits per heavy atom. The van der Waals surface area contributed by atoms with Crippen molar-refractivity contribution in [3.05, 3.63) is 58.1 Å². The molecule has 0 unspecified atom stereocenters. The van der Waals surface area contributed by atoms with Crippen LogP contribution < -0.4 is 15.0 Å². The maximum atomic E-state index is 11.9. The number of esters is 1. The second-order valence-electron chi connectivity index (χ2n) is 5.13. The lowest BCUT2D eigenvalue weighted by molar-refractivity contribution is 0.0456. The number of rotatable bonds is 6. The van der Waals surface area contributed by atoms with Crippen molar-refractivity contribution in [1.29, 1.82) is 0 Å². The Kier molecular flexibility index (Phi) is 4.97. The summed E-state index contributed by atoms with van der Waals surface area (Å²) in [5, 5.41) is 9.63. The number of nitrogens with one attached hydrogen (secondary N) is 1. The number of benzene rings is 1. The van der Waals surface area contributed by atoms with Gasteiger partial charge in [0.05, 0.1) is 14.2 Å². The van der Waals surface area contributed by atoms with E-state index in [-0.39, 0.29) is 12.3 Å². The normalized spacial score (nSPS) is 10.4. The minimum atomic E-state index is -0.683. The summed E-state index contributed by atoms with van der Waals surface area (Å²) in [5.41, 5.74) is 0.744. The van der Waals surface area contributed by atoms with E-state index in [0.717, 1.165) is 5.56 Å². The quantitative estimate of drug-likeness (QED) is 0.664. The zero-order valence-corrected chi connectivity index (χ0v) is 14.0. The lowest BCUT2D eigenvalue weighted by atomic mass is 10.1. The van der Waals surface area contributed by atoms with Gasteiger partial charge in [-0.05, 0) is 24.3 Å². The number of hydrogen-bond donors (Lipinski definition) is 1. The molecule has 0 spiro atoms. The van der Waals surface area contributed by atoms with Gasteiger partial charge in [0.1, 0.15) is 12.3 Å². The van der Waals surface area contributed by atoms with Crippen LogP contribution in [0.3, 0.4) is 0 Å². The first-order valence-electron chi connectivity index (χ1n) is 7.51. The Labute approximate surface area is 147 Å². The van der Waals surface area contributed by atoms with Crippen molar-refractivity contribution in [2.45, 2.75) is 6.61 Å². The van der Waals surface area contributed by atoms with E-state index in [9.17, 15) is 9.59 Å². The average molecular weight is 357 g/mol. The van der Waals surface area contributed by atoms with Crippen molar-refractivity contribution >= 4 is 5.97 Å². The van der Waals surface area contributed by atoms with Gasteiger partial charge in [0.2, 0.25) is 0 Å². The van der Waals surface area contributed by atoms with Crippen LogP contribution in [-0.4, -0.2) is 35.5 Å². The third kappa shape index (κ3) is 3.72. The van der Waals surface area contributed by atoms with Crippen LogP contribution in [-0.2, 0) is 11.3 Å². The van der Waals surface area contributed by atoms with Gasteiger partial charge in [-0.2, -0.15) is 5.10 Å². The first-order chi connectivity index (χ1) is 12.6. The monoisotopic (exact) mass is 357 g/mol. The molecule has 9 nitrogen and oxygen atoms in total. The number of carbonyl (C=O) groups excluding carboxylic acids is 1. The summed E-state index contributed by atoms with van der Waals surface area (Å²) in [6, 6.07) is 9.40. The summed E-state index contributed by atoms with van der Waals surface area (Å²) in [4.78, 5) is 22.8. The maximum absolute atomic E-state index is 11.9. The van der Waals surface area contributed by atoms with Crippen LogP contribution in [0.5, 0.6) is 11.5 Å². The van der Waals surface area contributed by atoms with Crippen molar-refractivity contribution in [3.63, 3.8) is 0 Å². The molecule has 0 fully saturated rings. The van der Waals surface area contributed by atoms with Crippen LogP contribution in [0.2, 0.25) is 0 Å². The average Bonchev–Trinajstić information content (AvgIpc) is 3.15. The van der Waals surface area contributed by atoms with E-state index in [1.807, 2.05) is 0 Å². The summed E-state index contributed by atoms with van der Waals surface area (Å²) in [7, 11) is 3.09. The van der Waals surface area contributed by atoms with E-state index >= 15 is 0 Å². The molecule has 9 heteroatoms. The zero-order valence-electron chi connectivity index (χ0n) is 14.0. The fourth-order valence-electron chi connectivity index (χ4n) is 2.18. The molecule has 0 amide bonds. The highest BCUT2D eigenvalue weighted by atomic mass is 16.5. The summed E-state index contributed by atoms with van der Waals surface area (Å²) in [5.74, 6) is 0.952. The van der Waals surface area contributed by atoms with Crippen LogP contribution in [0.1, 0.15) is 16.2 Å². The molecule has 0 atom stereocenters. The van der Waals surface area contributed by atoms with Gasteiger partial charge in [-0.3, -0.25) is 4.79 Å². The number of aromatic amines is 1. The van der Waals surface area contributed by atoms with Crippen LogP contribution in [0.15, 0.2) is 45.7 Å². The predicted molar refractivity (Wildman–Crippen MR) is 89.0 cm³/mol. The first kappa shape index (κ1) is 17.2. The van der Waals surface area contributed by atoms with E-state index in [2.05, 4.69) is 15.4 Å². The molecule has 0 aliphatic rings. The third-order valence-electron chi connectivity index (χ3n) is 3.47. The SMILES string of the molecule is COc1ccc(-c2cc(COC(=O)c3ccc(=O)[nH]n3)no2)cc1OC. The molecule has 1 N–H and O–H groups in total. The fourth-order valence-corrected chi connectivity index (χ4v) is 2.18. The van der Waals surface area contributed by atoms with Crippen molar-refractivity contribution < 1.29 is 23.5 Å². The molecule has 2 heterocycles. The highest BCUT2D eigenvalue weighted by Crippen LogP contribution is 2.32. The number of carbonyl (C=O) groups is 1. The fraction of sp³-hybridized carbons (Fsp3) is 0.176. The van der Waals surface area contributed by atoms with E-state index in [0.29, 0.717) is 23.0 Å². The number of aromatic nitrogens is 3. The van der Waals surface area contributed by atoms with Gasteiger partial charge in [-0.25, -0.2) is 9.89 Å². The van der Waals surface area contributed by atoms with Crippen molar-refractivity contribution in [3.8, 4) is 22.8 Å². The van der Waals surface area contributed by atoms with Crippen molar-refractivity contribution in [1.82, 2.24) is 15.4 Å². The molecular weight excluding hydrogens is 342 g/mol. The Morgan fingerprint density at radius 3 is 2.62 bits per heavy atom. The van der Waals surface area contributed by atoms with Gasteiger partial charge < -0.3 is 18.7 Å². The Morgan fingerprint density at radius 1 is 1.12 bits per heavy atom. The molecule has 0 radical (unpaired) electrons. The molecule has 1 aromatic carbocycles. The van der Waals surface area contributed by atoms with E-state index in [1.165, 1.54) is 19.2 Å². The molecular formula is C17H15N3O6. The van der Waals surface area contributed by atoms with Crippen LogP contribution >= 0.6 is 0 Å². The van der Waals surface area contributed by atoms with E-state index in [1.54, 1.807) is 31.4 Å². The Hall–Kier alpha value is -3.62. The first-order valence-corrected chi connectivity index (χ1v) is 7.51. The number of ether oxygens (including phenoxy) is 3. The largest absolute Gasteiger partial charge is 0.493 e. The number of hydrogen-bond acceptors (Lipinski definition) is 8. The van der Waals surface area contributed by atoms with E-state index in [4.69, 9.17) is 18.7 Å². The third-order valence-corrected chi connectivity index (χ3v) is 3.47. The van der Waals surface area contributed by atoms with Crippen LogP contribution in [0, 0.1) is 0 Å². The molecule has 3 rings (SSSR count). The van der Waals surface area contributed by atoms with Gasteiger partial charge in [-0.1, -0.05) is 5.16 Å². The van der Waals surface area contributed by atoms with Crippen molar-refractivity contribution in [2.24, 2.45) is 0 Å². The summed E-state index contributed by atoms with van der Waals surface area (Å²) in [6.45, 7) is -0.101. The summed E-state index contributed by atoms with van der Waals surface area (Å²) in [6.07, 6.45) is 0. The Bertz CT molecular complexity index is 958. The molecule has 3 aromatic rings. The van der Waals surface area contributed by atoms with E-state index < -0.39 is 11.5 Å². The summed E-state index contributed by atoms with van der Waals surface area (Å²) < 4.78 is 20.8. The Balaban J connectivity index is 1.69. The highest BCUT2D eigenvalue weighted by Gasteiger charge is 2.14. The van der Waals surface area contributed by atoms with Crippen LogP contribution in [0.25, 0.3) is 11.3 Å². The van der Waals surface area contributed by atoms with Gasteiger partial charge in [0.15, 0.2) is 23.0 Å². The molecule has 0 aliphatic carbocycles. The zero-order chi connectivity index (χ0) is 18.5. The number of methoxy groups -OCH3 is 2. The second kappa shape index (κ2) is 7.51. The molecule has 0 bridgehead atoms. The number of nitrogens with zero attached hydrogens (tertiary/aromatic N) is 2. The van der Waals surface area contributed by atoms with Crippen LogP contribution in [0.4, 0.5) is 0 Å². The molecule has 26 heavy (non-hydrogen) atoms. The smallest absolute Gasteiger partial charge is 0.359 e. The molecule has 2 aromatic heterocycles. The van der Waals surface area contributed by atoms with Gasteiger partial charge >= 0.3 is 5.97 Å². The number of H-pyrrole nitrogens is 1. The minimum absolute atomic E-state index is 0.00629. The topological polar surface area (TPSA) is 117 Å². The molecule has 0 saturated heterocycles. The van der Waals surface area contributed by atoms with Gasteiger partial charge in [0.25, 0.3) is 5.56 Å². The molecule has 0 aliphatic heterocycles. The highest BCUT2D eigenvalue weighted by molar-refractivity contribution is 5.86. The maximum Gasteiger partial charge on any atom is 0.359 e. The standard InChI is InChI=1S/C17H15N3O6/c1-23-13-5-3-10(7-15(13)24-2)14-8-11(20-26-14)9-25-17(22)12-4-6-16(21)19-18-12/h3-8H,9H2,1-2H3,(H,19,21). The van der Waals surface area contributed by atoms with Gasteiger partial charge in [0, 0.05) is 17.7 Å². The minimum Gasteiger partial charge on any atom is -0.493 e. The summed E-state index contributed by atoms with van der Waals surface area (Å²) >= 11 is 0. The molecule has 134 valence electrons. The second-order valence-corrected chi connectivity index (χ2v) is 5.13. The lowest BCUT2D eigenvalue weighted by Gasteiger charge is -2.07. The van der Waals surface area contributed by atoms with Gasteiger partial charge in [-0.15, -0.1) is 0 Å². The molecule has 0 saturated carbocycles.